The predicted molar refractivity (Wildman–Crippen MR) is 36.2 cm³/mol. The van der Waals surface area contributed by atoms with Crippen LogP contribution in [0.4, 0.5) is 0 Å². The highest BCUT2D eigenvalue weighted by molar-refractivity contribution is 7.84. The van der Waals surface area contributed by atoms with E-state index in [2.05, 4.69) is 5.32 Å². The molecule has 1 heterocycles. The van der Waals surface area contributed by atoms with Gasteiger partial charge in [0, 0.05) is 0 Å². The van der Waals surface area contributed by atoms with E-state index in [0.717, 1.165) is 0 Å². The van der Waals surface area contributed by atoms with Crippen molar-refractivity contribution in [3.05, 3.63) is 0 Å². The van der Waals surface area contributed by atoms with Crippen LogP contribution < -0.4 is 5.32 Å². The normalized spacial score (nSPS) is 23.2. The molecule has 2 amide bonds. The number of nitrogens with one attached hydrogen (secondary N) is 1. The van der Waals surface area contributed by atoms with E-state index < -0.39 is 22.3 Å². The summed E-state index contributed by atoms with van der Waals surface area (Å²) < 4.78 is 29.3. The standard InChI is InChI=1S/C4H6N2O5S/c7-2-5-3-1-6(4(3)8)12(9,10)11/h2-3H,1H2,(H,5,7)(H,9,10,11)/t3-/m0/s1. The molecule has 7 nitrogen and oxygen atoms in total. The van der Waals surface area contributed by atoms with Crippen molar-refractivity contribution in [3.63, 3.8) is 0 Å². The van der Waals surface area contributed by atoms with Gasteiger partial charge in [0.05, 0.1) is 6.54 Å². The van der Waals surface area contributed by atoms with Crippen molar-refractivity contribution in [1.29, 1.82) is 0 Å². The van der Waals surface area contributed by atoms with Gasteiger partial charge in [-0.25, -0.2) is 4.31 Å². The van der Waals surface area contributed by atoms with Crippen molar-refractivity contribution in [1.82, 2.24) is 9.62 Å². The highest BCUT2D eigenvalue weighted by Crippen LogP contribution is 2.13. The first-order valence-electron chi connectivity index (χ1n) is 2.95. The molecule has 0 aliphatic carbocycles. The number of hydrogen-bond donors (Lipinski definition) is 2. The van der Waals surface area contributed by atoms with Crippen LogP contribution in [0.2, 0.25) is 0 Å². The van der Waals surface area contributed by atoms with Crippen molar-refractivity contribution in [2.45, 2.75) is 6.04 Å². The van der Waals surface area contributed by atoms with Crippen LogP contribution in [-0.2, 0) is 19.9 Å². The lowest BCUT2D eigenvalue weighted by atomic mass is 10.2. The second kappa shape index (κ2) is 2.72. The first-order valence-corrected chi connectivity index (χ1v) is 4.35. The van der Waals surface area contributed by atoms with Gasteiger partial charge in [-0.15, -0.1) is 0 Å². The zero-order valence-electron chi connectivity index (χ0n) is 5.80. The van der Waals surface area contributed by atoms with Crippen LogP contribution in [0.25, 0.3) is 0 Å². The Morgan fingerprint density at radius 2 is 2.25 bits per heavy atom. The van der Waals surface area contributed by atoms with E-state index in [1.54, 1.807) is 0 Å². The third-order valence-electron chi connectivity index (χ3n) is 1.44. The van der Waals surface area contributed by atoms with Gasteiger partial charge in [-0.1, -0.05) is 0 Å². The topological polar surface area (TPSA) is 104 Å². The van der Waals surface area contributed by atoms with E-state index in [0.29, 0.717) is 6.41 Å². The molecule has 0 saturated carbocycles. The Morgan fingerprint density at radius 1 is 1.67 bits per heavy atom. The number of rotatable bonds is 3. The van der Waals surface area contributed by atoms with Gasteiger partial charge in [0.15, 0.2) is 0 Å². The molecule has 0 aromatic heterocycles. The van der Waals surface area contributed by atoms with Crippen LogP contribution in [0.3, 0.4) is 0 Å². The molecule has 8 heteroatoms. The summed E-state index contributed by atoms with van der Waals surface area (Å²) >= 11 is 0. The maximum absolute atomic E-state index is 10.8. The molecule has 0 aromatic carbocycles. The van der Waals surface area contributed by atoms with Crippen LogP contribution in [0, 0.1) is 0 Å². The molecule has 0 bridgehead atoms. The van der Waals surface area contributed by atoms with Crippen LogP contribution in [0.5, 0.6) is 0 Å². The SMILES string of the molecule is O=CN[C@H]1CN(S(=O)(=O)O)C1=O. The van der Waals surface area contributed by atoms with Gasteiger partial charge >= 0.3 is 10.3 Å². The Balaban J connectivity index is 2.61. The first kappa shape index (κ1) is 8.94. The van der Waals surface area contributed by atoms with Gasteiger partial charge in [0.1, 0.15) is 6.04 Å². The first-order chi connectivity index (χ1) is 5.46. The predicted octanol–water partition coefficient (Wildman–Crippen LogP) is -2.25. The largest absolute Gasteiger partial charge is 0.362 e. The summed E-state index contributed by atoms with van der Waals surface area (Å²) in [6.45, 7) is -0.212. The number of β-lactam (4-membered cyclic amide) rings is 1. The summed E-state index contributed by atoms with van der Waals surface area (Å²) in [7, 11) is -4.44. The molecule has 2 N–H and O–H groups in total. The Kier molecular flexibility index (Phi) is 2.02. The molecule has 1 saturated heterocycles. The van der Waals surface area contributed by atoms with E-state index >= 15 is 0 Å². The van der Waals surface area contributed by atoms with Gasteiger partial charge in [-0.05, 0) is 0 Å². The Hall–Kier alpha value is -1.15. The van der Waals surface area contributed by atoms with Crippen LogP contribution >= 0.6 is 0 Å². The van der Waals surface area contributed by atoms with Crippen molar-refractivity contribution in [2.24, 2.45) is 0 Å². The number of amides is 2. The molecule has 1 rings (SSSR count). The van der Waals surface area contributed by atoms with Gasteiger partial charge < -0.3 is 5.32 Å². The number of nitrogens with zero attached hydrogens (tertiary/aromatic N) is 1. The molecular weight excluding hydrogens is 188 g/mol. The summed E-state index contributed by atoms with van der Waals surface area (Å²) in [4.78, 5) is 20.6. The smallest absolute Gasteiger partial charge is 0.345 e. The average Bonchev–Trinajstić information content (AvgIpc) is 1.93. The van der Waals surface area contributed by atoms with E-state index in [-0.39, 0.29) is 10.8 Å². The third kappa shape index (κ3) is 1.38. The van der Waals surface area contributed by atoms with E-state index in [1.165, 1.54) is 0 Å². The van der Waals surface area contributed by atoms with Crippen molar-refractivity contribution in [2.75, 3.05) is 6.54 Å². The van der Waals surface area contributed by atoms with Crippen LogP contribution in [-0.4, -0.2) is 42.2 Å². The zero-order chi connectivity index (χ0) is 9.35. The van der Waals surface area contributed by atoms with Gasteiger partial charge in [-0.2, -0.15) is 8.42 Å². The lowest BCUT2D eigenvalue weighted by molar-refractivity contribution is -0.138. The van der Waals surface area contributed by atoms with Gasteiger partial charge in [0.25, 0.3) is 5.91 Å². The fourth-order valence-electron chi connectivity index (χ4n) is 0.809. The maximum Gasteiger partial charge on any atom is 0.362 e. The third-order valence-corrected chi connectivity index (χ3v) is 2.33. The molecule has 1 atom stereocenters. The second-order valence-corrected chi connectivity index (χ2v) is 3.52. The maximum atomic E-state index is 10.8. The van der Waals surface area contributed by atoms with Gasteiger partial charge in [-0.3, -0.25) is 14.1 Å². The van der Waals surface area contributed by atoms with Crippen molar-refractivity contribution >= 4 is 22.6 Å². The van der Waals surface area contributed by atoms with E-state index in [4.69, 9.17) is 4.55 Å². The van der Waals surface area contributed by atoms with Gasteiger partial charge in [0.2, 0.25) is 6.41 Å². The van der Waals surface area contributed by atoms with E-state index in [9.17, 15) is 18.0 Å². The molecule has 12 heavy (non-hydrogen) atoms. The molecular formula is C4H6N2O5S. The summed E-state index contributed by atoms with van der Waals surface area (Å²) in [5.41, 5.74) is 0. The molecule has 0 radical (unpaired) electrons. The summed E-state index contributed by atoms with van der Waals surface area (Å²) in [6.07, 6.45) is 0.296. The summed E-state index contributed by atoms with van der Waals surface area (Å²) in [5, 5.41) is 2.09. The monoisotopic (exact) mass is 194 g/mol. The highest BCUT2D eigenvalue weighted by atomic mass is 32.2. The number of hydrogen-bond acceptors (Lipinski definition) is 4. The fraction of sp³-hybridized carbons (Fsp3) is 0.500. The fourth-order valence-corrected chi connectivity index (χ4v) is 1.50. The molecule has 1 aliphatic heterocycles. The minimum absolute atomic E-state index is 0.212. The Labute approximate surface area is 68.2 Å². The molecule has 68 valence electrons. The molecule has 0 spiro atoms. The lowest BCUT2D eigenvalue weighted by Crippen LogP contribution is -2.63. The summed E-state index contributed by atoms with van der Waals surface area (Å²) in [5.74, 6) is -0.829. The van der Waals surface area contributed by atoms with Crippen molar-refractivity contribution < 1.29 is 22.6 Å². The summed E-state index contributed by atoms with van der Waals surface area (Å²) in [6, 6.07) is -0.829. The highest BCUT2D eigenvalue weighted by Gasteiger charge is 2.43. The Bertz CT molecular complexity index is 309. The minimum Gasteiger partial charge on any atom is -0.345 e. The lowest BCUT2D eigenvalue weighted by Gasteiger charge is -2.34. The quantitative estimate of drug-likeness (QED) is 0.300. The number of carbonyl (C=O) groups is 2. The van der Waals surface area contributed by atoms with E-state index in [1.807, 2.05) is 0 Å². The second-order valence-electron chi connectivity index (χ2n) is 2.18. The minimum atomic E-state index is -4.44. The van der Waals surface area contributed by atoms with Crippen molar-refractivity contribution in [3.8, 4) is 0 Å². The van der Waals surface area contributed by atoms with Crippen LogP contribution in [0.15, 0.2) is 0 Å². The average molecular weight is 194 g/mol. The molecule has 0 unspecified atom stereocenters. The zero-order valence-corrected chi connectivity index (χ0v) is 6.61. The molecule has 0 aromatic rings. The molecule has 1 fully saturated rings. The number of carbonyl (C=O) groups excluding carboxylic acids is 2. The van der Waals surface area contributed by atoms with Crippen LogP contribution in [0.1, 0.15) is 0 Å². The molecule has 1 aliphatic rings. The Morgan fingerprint density at radius 3 is 2.58 bits per heavy atom.